The van der Waals surface area contributed by atoms with Gasteiger partial charge in [0, 0.05) is 26.1 Å². The zero-order chi connectivity index (χ0) is 11.7. The second kappa shape index (κ2) is 8.23. The molecule has 1 amide bonds. The van der Waals surface area contributed by atoms with Crippen molar-refractivity contribution in [1.29, 1.82) is 0 Å². The van der Waals surface area contributed by atoms with Crippen LogP contribution in [0.3, 0.4) is 0 Å². The lowest BCUT2D eigenvalue weighted by Crippen LogP contribution is -2.30. The van der Waals surface area contributed by atoms with E-state index in [0.717, 1.165) is 0 Å². The van der Waals surface area contributed by atoms with Crippen molar-refractivity contribution >= 4 is 11.9 Å². The first kappa shape index (κ1) is 13.9. The summed E-state index contributed by atoms with van der Waals surface area (Å²) in [6.07, 6.45) is 0.990. The normalized spacial score (nSPS) is 10.0. The van der Waals surface area contributed by atoms with E-state index in [0.29, 0.717) is 32.5 Å². The van der Waals surface area contributed by atoms with E-state index in [1.807, 2.05) is 13.8 Å². The van der Waals surface area contributed by atoms with Crippen molar-refractivity contribution in [3.05, 3.63) is 0 Å². The van der Waals surface area contributed by atoms with Crippen LogP contribution >= 0.6 is 0 Å². The Kier molecular flexibility index (Phi) is 7.62. The van der Waals surface area contributed by atoms with Crippen LogP contribution in [0.1, 0.15) is 26.7 Å². The van der Waals surface area contributed by atoms with Gasteiger partial charge in [-0.3, -0.25) is 4.79 Å². The summed E-state index contributed by atoms with van der Waals surface area (Å²) in [4.78, 5) is 23.3. The topological polar surface area (TPSA) is 66.8 Å². The molecule has 5 nitrogen and oxygen atoms in total. The molecular formula is C10H19NO4. The van der Waals surface area contributed by atoms with Crippen molar-refractivity contribution in [2.24, 2.45) is 0 Å². The lowest BCUT2D eigenvalue weighted by molar-refractivity contribution is -0.142. The van der Waals surface area contributed by atoms with E-state index in [1.54, 1.807) is 4.90 Å². The van der Waals surface area contributed by atoms with Gasteiger partial charge in [0.05, 0.1) is 0 Å². The van der Waals surface area contributed by atoms with Crippen LogP contribution in [0.5, 0.6) is 0 Å². The average Bonchev–Trinajstić information content (AvgIpc) is 2.18. The molecule has 0 aliphatic heterocycles. The highest BCUT2D eigenvalue weighted by atomic mass is 16.5. The van der Waals surface area contributed by atoms with E-state index < -0.39 is 5.97 Å². The van der Waals surface area contributed by atoms with E-state index in [4.69, 9.17) is 9.84 Å². The molecule has 0 atom stereocenters. The van der Waals surface area contributed by atoms with Crippen LogP contribution in [0.15, 0.2) is 0 Å². The minimum atomic E-state index is -0.981. The van der Waals surface area contributed by atoms with Crippen molar-refractivity contribution in [1.82, 2.24) is 4.90 Å². The van der Waals surface area contributed by atoms with Crippen molar-refractivity contribution < 1.29 is 19.4 Å². The molecule has 88 valence electrons. The molecule has 1 N–H and O–H groups in total. The van der Waals surface area contributed by atoms with Gasteiger partial charge in [-0.1, -0.05) is 0 Å². The van der Waals surface area contributed by atoms with Crippen LogP contribution in [-0.2, 0) is 14.3 Å². The Morgan fingerprint density at radius 1 is 1.27 bits per heavy atom. The highest BCUT2D eigenvalue weighted by Crippen LogP contribution is 1.98. The van der Waals surface area contributed by atoms with Gasteiger partial charge in [-0.2, -0.15) is 0 Å². The number of hydrogen-bond donors (Lipinski definition) is 1. The van der Waals surface area contributed by atoms with Gasteiger partial charge in [-0.05, 0) is 20.3 Å². The Bertz CT molecular complexity index is 202. The molecule has 0 fully saturated rings. The van der Waals surface area contributed by atoms with Gasteiger partial charge in [0.15, 0.2) is 0 Å². The number of carbonyl (C=O) groups is 2. The summed E-state index contributed by atoms with van der Waals surface area (Å²) in [6, 6.07) is 0. The molecule has 0 spiro atoms. The van der Waals surface area contributed by atoms with Gasteiger partial charge in [-0.15, -0.1) is 0 Å². The van der Waals surface area contributed by atoms with Gasteiger partial charge < -0.3 is 14.7 Å². The lowest BCUT2D eigenvalue weighted by Gasteiger charge is -2.18. The summed E-state index contributed by atoms with van der Waals surface area (Å²) in [5.41, 5.74) is 0. The molecule has 0 bridgehead atoms. The summed E-state index contributed by atoms with van der Waals surface area (Å²) >= 11 is 0. The number of hydrogen-bond acceptors (Lipinski definition) is 3. The first-order chi connectivity index (χ1) is 7.11. The number of carboxylic acids is 1. The fraction of sp³-hybridized carbons (Fsp3) is 0.800. The number of carbonyl (C=O) groups excluding carboxylic acids is 1. The van der Waals surface area contributed by atoms with Gasteiger partial charge in [0.2, 0.25) is 5.91 Å². The smallest absolute Gasteiger partial charge is 0.329 e. The quantitative estimate of drug-likeness (QED) is 0.609. The largest absolute Gasteiger partial charge is 0.480 e. The maximum Gasteiger partial charge on any atom is 0.329 e. The summed E-state index contributed by atoms with van der Waals surface area (Å²) in [5.74, 6) is -0.885. The molecule has 0 aromatic rings. The molecular weight excluding hydrogens is 198 g/mol. The molecule has 0 saturated carbocycles. The number of aliphatic carboxylic acids is 1. The maximum absolute atomic E-state index is 11.5. The van der Waals surface area contributed by atoms with Crippen molar-refractivity contribution in [3.8, 4) is 0 Å². The predicted octanol–water partition coefficient (Wildman–Crippen LogP) is 0.736. The Hall–Kier alpha value is -1.10. The Morgan fingerprint density at radius 3 is 2.33 bits per heavy atom. The molecule has 5 heteroatoms. The third-order valence-corrected chi connectivity index (χ3v) is 2.02. The SMILES string of the molecule is CCN(CC)C(=O)CCCOCC(=O)O. The van der Waals surface area contributed by atoms with Gasteiger partial charge in [0.1, 0.15) is 6.61 Å². The van der Waals surface area contributed by atoms with Gasteiger partial charge >= 0.3 is 5.97 Å². The van der Waals surface area contributed by atoms with Crippen LogP contribution < -0.4 is 0 Å². The minimum Gasteiger partial charge on any atom is -0.480 e. The molecule has 0 aromatic carbocycles. The average molecular weight is 217 g/mol. The standard InChI is InChI=1S/C10H19NO4/c1-3-11(4-2)9(12)6-5-7-15-8-10(13)14/h3-8H2,1-2H3,(H,13,14). The second-order valence-corrected chi connectivity index (χ2v) is 3.12. The lowest BCUT2D eigenvalue weighted by atomic mass is 10.3. The van der Waals surface area contributed by atoms with E-state index in [1.165, 1.54) is 0 Å². The molecule has 0 aliphatic carbocycles. The third kappa shape index (κ3) is 6.90. The fourth-order valence-electron chi connectivity index (χ4n) is 1.22. The number of amides is 1. The van der Waals surface area contributed by atoms with Gasteiger partial charge in [0.25, 0.3) is 0 Å². The van der Waals surface area contributed by atoms with E-state index in [2.05, 4.69) is 0 Å². The molecule has 0 aromatic heterocycles. The minimum absolute atomic E-state index is 0.0962. The summed E-state index contributed by atoms with van der Waals surface area (Å²) < 4.78 is 4.82. The number of ether oxygens (including phenoxy) is 1. The monoisotopic (exact) mass is 217 g/mol. The first-order valence-electron chi connectivity index (χ1n) is 5.19. The Balaban J connectivity index is 3.50. The summed E-state index contributed by atoms with van der Waals surface area (Å²) in [7, 11) is 0. The molecule has 0 aliphatic rings. The van der Waals surface area contributed by atoms with E-state index in [-0.39, 0.29) is 12.5 Å². The molecule has 0 radical (unpaired) electrons. The molecule has 0 rings (SSSR count). The van der Waals surface area contributed by atoms with Crippen LogP contribution in [0.25, 0.3) is 0 Å². The highest BCUT2D eigenvalue weighted by Gasteiger charge is 2.08. The van der Waals surface area contributed by atoms with Crippen LogP contribution in [-0.4, -0.2) is 48.2 Å². The molecule has 0 saturated heterocycles. The fourth-order valence-corrected chi connectivity index (χ4v) is 1.22. The van der Waals surface area contributed by atoms with Crippen LogP contribution in [0.4, 0.5) is 0 Å². The zero-order valence-electron chi connectivity index (χ0n) is 9.36. The van der Waals surface area contributed by atoms with E-state index in [9.17, 15) is 9.59 Å². The van der Waals surface area contributed by atoms with Gasteiger partial charge in [-0.25, -0.2) is 4.79 Å². The predicted molar refractivity (Wildman–Crippen MR) is 55.6 cm³/mol. The zero-order valence-corrected chi connectivity index (χ0v) is 9.36. The molecule has 0 unspecified atom stereocenters. The second-order valence-electron chi connectivity index (χ2n) is 3.12. The first-order valence-corrected chi connectivity index (χ1v) is 5.19. The van der Waals surface area contributed by atoms with Crippen molar-refractivity contribution in [2.75, 3.05) is 26.3 Å². The molecule has 15 heavy (non-hydrogen) atoms. The van der Waals surface area contributed by atoms with E-state index >= 15 is 0 Å². The van der Waals surface area contributed by atoms with Crippen LogP contribution in [0.2, 0.25) is 0 Å². The van der Waals surface area contributed by atoms with Crippen molar-refractivity contribution in [2.45, 2.75) is 26.7 Å². The number of carboxylic acid groups (broad SMARTS) is 1. The number of rotatable bonds is 8. The Labute approximate surface area is 90.0 Å². The third-order valence-electron chi connectivity index (χ3n) is 2.02. The highest BCUT2D eigenvalue weighted by molar-refractivity contribution is 5.76. The Morgan fingerprint density at radius 2 is 1.87 bits per heavy atom. The molecule has 0 heterocycles. The maximum atomic E-state index is 11.5. The van der Waals surface area contributed by atoms with Crippen molar-refractivity contribution in [3.63, 3.8) is 0 Å². The summed E-state index contributed by atoms with van der Waals surface area (Å²) in [5, 5.41) is 8.29. The summed E-state index contributed by atoms with van der Waals surface area (Å²) in [6.45, 7) is 5.32. The van der Waals surface area contributed by atoms with Crippen LogP contribution in [0, 0.1) is 0 Å². The number of nitrogens with zero attached hydrogens (tertiary/aromatic N) is 1.